The Labute approximate surface area is 225 Å². The molecule has 0 atom stereocenters. The Balaban J connectivity index is 1.21. The van der Waals surface area contributed by atoms with Crippen molar-refractivity contribution in [3.63, 3.8) is 0 Å². The molecule has 198 valence electrons. The number of fused-ring (bicyclic) bond motifs is 1. The molecule has 39 heavy (non-hydrogen) atoms. The molecule has 0 aliphatic heterocycles. The first-order chi connectivity index (χ1) is 19.0. The Hall–Kier alpha value is -4.53. The molecule has 3 heterocycles. The smallest absolute Gasteiger partial charge is 0.151 e. The van der Waals surface area contributed by atoms with E-state index in [-0.39, 0.29) is 6.61 Å². The zero-order valence-electron chi connectivity index (χ0n) is 21.8. The van der Waals surface area contributed by atoms with Crippen LogP contribution in [-0.4, -0.2) is 24.5 Å². The fraction of sp³-hybridized carbons (Fsp3) is 0.267. The standard InChI is InChI=1S/C30H29FN6O2/c1-3-19-8-21(9-19)27-15-37(29-28(27)35-17-36-30(29)32)23-4-6-24(7-5-23)39-26-11-22(31)10-25(12-26)38-16-20-13-33-18(2)34-14-20/h4-7,10-15,17,19,21H,3,8-9,16H2,1-2H3,(H2,32,35,36). The number of anilines is 1. The van der Waals surface area contributed by atoms with Crippen LogP contribution in [0.25, 0.3) is 16.7 Å². The highest BCUT2D eigenvalue weighted by molar-refractivity contribution is 5.90. The molecule has 1 aliphatic carbocycles. The van der Waals surface area contributed by atoms with Crippen LogP contribution < -0.4 is 15.2 Å². The number of ether oxygens (including phenoxy) is 2. The van der Waals surface area contributed by atoms with Gasteiger partial charge in [0, 0.05) is 48.0 Å². The number of nitrogens with two attached hydrogens (primary N) is 1. The van der Waals surface area contributed by atoms with Gasteiger partial charge in [-0.15, -0.1) is 0 Å². The van der Waals surface area contributed by atoms with E-state index >= 15 is 0 Å². The number of hydrogen-bond donors (Lipinski definition) is 1. The quantitative estimate of drug-likeness (QED) is 0.247. The molecule has 9 heteroatoms. The Bertz CT molecular complexity index is 1610. The van der Waals surface area contributed by atoms with Crippen LogP contribution in [0.15, 0.2) is 67.4 Å². The van der Waals surface area contributed by atoms with Crippen molar-refractivity contribution in [2.75, 3.05) is 5.73 Å². The summed E-state index contributed by atoms with van der Waals surface area (Å²) in [6, 6.07) is 11.8. The van der Waals surface area contributed by atoms with Gasteiger partial charge < -0.3 is 19.8 Å². The minimum atomic E-state index is -0.456. The van der Waals surface area contributed by atoms with E-state index in [9.17, 15) is 4.39 Å². The molecule has 1 aliphatic rings. The Morgan fingerprint density at radius 2 is 1.72 bits per heavy atom. The molecule has 0 radical (unpaired) electrons. The summed E-state index contributed by atoms with van der Waals surface area (Å²) >= 11 is 0. The molecular weight excluding hydrogens is 495 g/mol. The first kappa shape index (κ1) is 24.8. The maximum Gasteiger partial charge on any atom is 0.151 e. The number of benzene rings is 2. The van der Waals surface area contributed by atoms with E-state index in [1.54, 1.807) is 18.5 Å². The van der Waals surface area contributed by atoms with E-state index in [1.165, 1.54) is 43.3 Å². The fourth-order valence-corrected chi connectivity index (χ4v) is 5.08. The van der Waals surface area contributed by atoms with Crippen LogP contribution in [0, 0.1) is 18.7 Å². The number of nitrogen functional groups attached to an aromatic ring is 1. The van der Waals surface area contributed by atoms with Gasteiger partial charge in [0.2, 0.25) is 0 Å². The van der Waals surface area contributed by atoms with E-state index in [0.717, 1.165) is 28.2 Å². The summed E-state index contributed by atoms with van der Waals surface area (Å²) in [6.45, 7) is 4.27. The van der Waals surface area contributed by atoms with E-state index in [2.05, 4.69) is 33.1 Å². The highest BCUT2D eigenvalue weighted by atomic mass is 19.1. The third-order valence-corrected chi connectivity index (χ3v) is 7.32. The Kier molecular flexibility index (Phi) is 6.56. The van der Waals surface area contributed by atoms with Crippen molar-refractivity contribution in [3.8, 4) is 22.9 Å². The van der Waals surface area contributed by atoms with Crippen LogP contribution in [0.5, 0.6) is 17.2 Å². The van der Waals surface area contributed by atoms with Crippen LogP contribution in [0.4, 0.5) is 10.2 Å². The summed E-state index contributed by atoms with van der Waals surface area (Å²) in [6.07, 6.45) is 10.6. The van der Waals surface area contributed by atoms with E-state index in [4.69, 9.17) is 15.2 Å². The van der Waals surface area contributed by atoms with Crippen LogP contribution in [-0.2, 0) is 6.61 Å². The van der Waals surface area contributed by atoms with Crippen LogP contribution in [0.3, 0.4) is 0 Å². The van der Waals surface area contributed by atoms with Gasteiger partial charge in [-0.2, -0.15) is 0 Å². The molecule has 0 amide bonds. The molecule has 3 aromatic heterocycles. The van der Waals surface area contributed by atoms with Gasteiger partial charge in [0.05, 0.1) is 5.52 Å². The van der Waals surface area contributed by atoms with Crippen molar-refractivity contribution in [3.05, 3.63) is 90.2 Å². The summed E-state index contributed by atoms with van der Waals surface area (Å²) in [5, 5.41) is 0. The summed E-state index contributed by atoms with van der Waals surface area (Å²) in [5.41, 5.74) is 10.9. The maximum absolute atomic E-state index is 14.3. The SMILES string of the molecule is CCC1CC(c2cn(-c3ccc(Oc4cc(F)cc(OCc5cnc(C)nc5)c4)cc3)c3c(N)ncnc23)C1. The van der Waals surface area contributed by atoms with Gasteiger partial charge in [0.15, 0.2) is 5.82 Å². The molecule has 1 saturated carbocycles. The summed E-state index contributed by atoms with van der Waals surface area (Å²) in [5.74, 6) is 3.17. The lowest BCUT2D eigenvalue weighted by atomic mass is 9.71. The predicted octanol–water partition coefficient (Wildman–Crippen LogP) is 6.52. The van der Waals surface area contributed by atoms with E-state index < -0.39 is 5.82 Å². The van der Waals surface area contributed by atoms with Crippen molar-refractivity contribution in [2.45, 2.75) is 45.6 Å². The fourth-order valence-electron chi connectivity index (χ4n) is 5.08. The van der Waals surface area contributed by atoms with Gasteiger partial charge in [0.25, 0.3) is 0 Å². The van der Waals surface area contributed by atoms with Crippen molar-refractivity contribution < 1.29 is 13.9 Å². The lowest BCUT2D eigenvalue weighted by molar-refractivity contribution is 0.257. The van der Waals surface area contributed by atoms with Gasteiger partial charge in [-0.3, -0.25) is 0 Å². The first-order valence-corrected chi connectivity index (χ1v) is 13.1. The molecule has 1 fully saturated rings. The Morgan fingerprint density at radius 3 is 2.46 bits per heavy atom. The van der Waals surface area contributed by atoms with Gasteiger partial charge in [-0.25, -0.2) is 24.3 Å². The lowest BCUT2D eigenvalue weighted by Crippen LogP contribution is -2.20. The highest BCUT2D eigenvalue weighted by Crippen LogP contribution is 2.46. The van der Waals surface area contributed by atoms with Gasteiger partial charge in [-0.05, 0) is 61.4 Å². The van der Waals surface area contributed by atoms with Crippen molar-refractivity contribution in [1.82, 2.24) is 24.5 Å². The average molecular weight is 525 g/mol. The normalized spacial score (nSPS) is 16.7. The van der Waals surface area contributed by atoms with Gasteiger partial charge >= 0.3 is 0 Å². The average Bonchev–Trinajstić information content (AvgIpc) is 3.28. The zero-order valence-corrected chi connectivity index (χ0v) is 21.8. The topological polar surface area (TPSA) is 101 Å². The molecule has 0 saturated heterocycles. The number of hydrogen-bond acceptors (Lipinski definition) is 7. The molecular formula is C30H29FN6O2. The first-order valence-electron chi connectivity index (χ1n) is 13.1. The molecule has 0 spiro atoms. The second-order valence-corrected chi connectivity index (χ2v) is 10.00. The minimum absolute atomic E-state index is 0.220. The maximum atomic E-state index is 14.3. The molecule has 0 bridgehead atoms. The number of aryl methyl sites for hydroxylation is 1. The Morgan fingerprint density at radius 1 is 0.974 bits per heavy atom. The van der Waals surface area contributed by atoms with Crippen LogP contribution >= 0.6 is 0 Å². The van der Waals surface area contributed by atoms with Gasteiger partial charge in [0.1, 0.15) is 47.3 Å². The largest absolute Gasteiger partial charge is 0.489 e. The third-order valence-electron chi connectivity index (χ3n) is 7.32. The van der Waals surface area contributed by atoms with Crippen molar-refractivity contribution >= 4 is 16.9 Å². The number of aromatic nitrogens is 5. The number of halogens is 1. The second kappa shape index (κ2) is 10.3. The second-order valence-electron chi connectivity index (χ2n) is 10.00. The zero-order chi connectivity index (χ0) is 26.9. The van der Waals surface area contributed by atoms with Crippen molar-refractivity contribution in [2.24, 2.45) is 5.92 Å². The van der Waals surface area contributed by atoms with Gasteiger partial charge in [-0.1, -0.05) is 13.3 Å². The molecule has 6 rings (SSSR count). The number of rotatable bonds is 8. The monoisotopic (exact) mass is 524 g/mol. The number of nitrogens with zero attached hydrogens (tertiary/aromatic N) is 5. The summed E-state index contributed by atoms with van der Waals surface area (Å²) < 4.78 is 28.1. The van der Waals surface area contributed by atoms with Crippen molar-refractivity contribution in [1.29, 1.82) is 0 Å². The summed E-state index contributed by atoms with van der Waals surface area (Å²) in [7, 11) is 0. The molecule has 8 nitrogen and oxygen atoms in total. The molecule has 2 aromatic carbocycles. The molecule has 2 N–H and O–H groups in total. The molecule has 0 unspecified atom stereocenters. The van der Waals surface area contributed by atoms with Crippen LogP contribution in [0.1, 0.15) is 49.1 Å². The van der Waals surface area contributed by atoms with E-state index in [1.807, 2.05) is 35.8 Å². The predicted molar refractivity (Wildman–Crippen MR) is 147 cm³/mol. The van der Waals surface area contributed by atoms with E-state index in [0.29, 0.717) is 34.8 Å². The lowest BCUT2D eigenvalue weighted by Gasteiger charge is -2.34. The highest BCUT2D eigenvalue weighted by Gasteiger charge is 2.32. The third kappa shape index (κ3) is 5.12. The minimum Gasteiger partial charge on any atom is -0.489 e. The summed E-state index contributed by atoms with van der Waals surface area (Å²) in [4.78, 5) is 17.1. The molecule has 5 aromatic rings. The van der Waals surface area contributed by atoms with Crippen LogP contribution in [0.2, 0.25) is 0 Å².